The molecule has 0 aromatic heterocycles. The predicted octanol–water partition coefficient (Wildman–Crippen LogP) is 2.87. The van der Waals surface area contributed by atoms with Gasteiger partial charge in [-0.2, -0.15) is 0 Å². The number of hydrogen-bond donors (Lipinski definition) is 2. The van der Waals surface area contributed by atoms with E-state index in [1.807, 2.05) is 39.0 Å². The molecule has 0 aliphatic heterocycles. The van der Waals surface area contributed by atoms with Crippen LogP contribution in [0.4, 0.5) is 0 Å². The third-order valence-corrected chi connectivity index (χ3v) is 5.75. The third-order valence-electron chi connectivity index (χ3n) is 4.27. The molecule has 2 rings (SSSR count). The molecule has 0 heterocycles. The van der Waals surface area contributed by atoms with Gasteiger partial charge in [-0.15, -0.1) is 0 Å². The van der Waals surface area contributed by atoms with Crippen molar-refractivity contribution in [1.82, 2.24) is 10.0 Å². The number of carbonyl (C=O) groups is 1. The zero-order chi connectivity index (χ0) is 20.6. The van der Waals surface area contributed by atoms with Crippen molar-refractivity contribution in [3.8, 4) is 5.75 Å². The van der Waals surface area contributed by atoms with E-state index in [2.05, 4.69) is 10.0 Å². The van der Waals surface area contributed by atoms with Crippen LogP contribution in [0, 0.1) is 20.8 Å². The highest BCUT2D eigenvalue weighted by Gasteiger charge is 2.12. The van der Waals surface area contributed by atoms with Crippen molar-refractivity contribution >= 4 is 15.9 Å². The highest BCUT2D eigenvalue weighted by molar-refractivity contribution is 7.89. The van der Waals surface area contributed by atoms with Crippen LogP contribution in [-0.2, 0) is 14.8 Å². The van der Waals surface area contributed by atoms with Gasteiger partial charge in [-0.05, 0) is 50.5 Å². The average molecular weight is 405 g/mol. The van der Waals surface area contributed by atoms with Crippen LogP contribution < -0.4 is 14.8 Å². The molecule has 152 valence electrons. The second-order valence-electron chi connectivity index (χ2n) is 6.73. The molecule has 0 saturated carbocycles. The van der Waals surface area contributed by atoms with Crippen molar-refractivity contribution in [3.63, 3.8) is 0 Å². The first-order valence-corrected chi connectivity index (χ1v) is 10.8. The summed E-state index contributed by atoms with van der Waals surface area (Å²) < 4.78 is 32.6. The second kappa shape index (κ2) is 10.2. The molecule has 0 unspecified atom stereocenters. The molecule has 1 amide bonds. The Morgan fingerprint density at radius 2 is 1.61 bits per heavy atom. The zero-order valence-corrected chi connectivity index (χ0v) is 17.4. The van der Waals surface area contributed by atoms with E-state index in [0.29, 0.717) is 19.4 Å². The molecule has 28 heavy (non-hydrogen) atoms. The van der Waals surface area contributed by atoms with Crippen LogP contribution in [0.15, 0.2) is 47.4 Å². The number of hydrogen-bond acceptors (Lipinski definition) is 4. The minimum Gasteiger partial charge on any atom is -0.493 e. The molecule has 2 aromatic carbocycles. The summed E-state index contributed by atoms with van der Waals surface area (Å²) in [7, 11) is -3.56. The van der Waals surface area contributed by atoms with Gasteiger partial charge in [0.1, 0.15) is 5.75 Å². The fourth-order valence-corrected chi connectivity index (χ4v) is 3.74. The average Bonchev–Trinajstić information content (AvgIpc) is 2.64. The van der Waals surface area contributed by atoms with Crippen LogP contribution >= 0.6 is 0 Å². The van der Waals surface area contributed by atoms with Gasteiger partial charge in [0.2, 0.25) is 15.9 Å². The summed E-state index contributed by atoms with van der Waals surface area (Å²) >= 11 is 0. The van der Waals surface area contributed by atoms with E-state index in [1.54, 1.807) is 24.3 Å². The highest BCUT2D eigenvalue weighted by atomic mass is 32.2. The molecule has 0 atom stereocenters. The number of para-hydroxylation sites is 1. The summed E-state index contributed by atoms with van der Waals surface area (Å²) in [4.78, 5) is 12.1. The summed E-state index contributed by atoms with van der Waals surface area (Å²) in [5.41, 5.74) is 3.14. The van der Waals surface area contributed by atoms with E-state index in [1.165, 1.54) is 0 Å². The minimum atomic E-state index is -3.56. The van der Waals surface area contributed by atoms with Crippen molar-refractivity contribution in [2.45, 2.75) is 38.5 Å². The summed E-state index contributed by atoms with van der Waals surface area (Å²) in [6.07, 6.45) is 0.921. The molecular weight excluding hydrogens is 376 g/mol. The first kappa shape index (κ1) is 21.9. The number of aryl methyl sites for hydroxylation is 3. The van der Waals surface area contributed by atoms with Crippen molar-refractivity contribution in [2.75, 3.05) is 19.7 Å². The van der Waals surface area contributed by atoms with Crippen LogP contribution in [0.3, 0.4) is 0 Å². The molecule has 0 fully saturated rings. The lowest BCUT2D eigenvalue weighted by atomic mass is 10.1. The Morgan fingerprint density at radius 1 is 0.964 bits per heavy atom. The topological polar surface area (TPSA) is 84.5 Å². The van der Waals surface area contributed by atoms with Crippen LogP contribution in [0.2, 0.25) is 0 Å². The van der Waals surface area contributed by atoms with Crippen LogP contribution in [0.1, 0.15) is 29.5 Å². The maximum atomic E-state index is 12.1. The Hall–Kier alpha value is -2.38. The van der Waals surface area contributed by atoms with Crippen molar-refractivity contribution in [1.29, 1.82) is 0 Å². The molecule has 0 bridgehead atoms. The van der Waals surface area contributed by atoms with Gasteiger partial charge in [0, 0.05) is 19.5 Å². The smallest absolute Gasteiger partial charge is 0.240 e. The van der Waals surface area contributed by atoms with Crippen molar-refractivity contribution in [3.05, 3.63) is 59.2 Å². The monoisotopic (exact) mass is 404 g/mol. The van der Waals surface area contributed by atoms with Gasteiger partial charge >= 0.3 is 0 Å². The molecule has 7 heteroatoms. The number of rotatable bonds is 10. The van der Waals surface area contributed by atoms with E-state index < -0.39 is 10.0 Å². The lowest BCUT2D eigenvalue weighted by molar-refractivity contribution is -0.121. The predicted molar refractivity (Wildman–Crippen MR) is 110 cm³/mol. The van der Waals surface area contributed by atoms with Gasteiger partial charge in [0.05, 0.1) is 11.5 Å². The zero-order valence-electron chi connectivity index (χ0n) is 16.6. The fourth-order valence-electron chi connectivity index (χ4n) is 2.71. The van der Waals surface area contributed by atoms with E-state index >= 15 is 0 Å². The lowest BCUT2D eigenvalue weighted by Crippen LogP contribution is -2.34. The van der Waals surface area contributed by atoms with Gasteiger partial charge in [0.25, 0.3) is 0 Å². The first-order chi connectivity index (χ1) is 13.3. The van der Waals surface area contributed by atoms with Gasteiger partial charge in [0.15, 0.2) is 0 Å². The standard InChI is InChI=1S/C21H28N2O4S/c1-16-9-11-19(12-10-16)28(25,26)23-14-13-22-20(24)8-5-15-27-21-17(2)6-4-7-18(21)3/h4,6-7,9-12,23H,5,8,13-15H2,1-3H3,(H,22,24). The van der Waals surface area contributed by atoms with Crippen molar-refractivity contribution in [2.24, 2.45) is 0 Å². The van der Waals surface area contributed by atoms with E-state index in [0.717, 1.165) is 22.4 Å². The largest absolute Gasteiger partial charge is 0.493 e. The lowest BCUT2D eigenvalue weighted by Gasteiger charge is -2.12. The Morgan fingerprint density at radius 3 is 2.25 bits per heavy atom. The second-order valence-corrected chi connectivity index (χ2v) is 8.50. The Labute approximate surface area is 167 Å². The summed E-state index contributed by atoms with van der Waals surface area (Å²) in [6, 6.07) is 12.6. The SMILES string of the molecule is Cc1ccc(S(=O)(=O)NCCNC(=O)CCCOc2c(C)cccc2C)cc1. The maximum Gasteiger partial charge on any atom is 0.240 e. The van der Waals surface area contributed by atoms with Crippen LogP contribution in [0.5, 0.6) is 5.75 Å². The van der Waals surface area contributed by atoms with Crippen LogP contribution in [0.25, 0.3) is 0 Å². The quantitative estimate of drug-likeness (QED) is 0.597. The highest BCUT2D eigenvalue weighted by Crippen LogP contribution is 2.22. The summed E-state index contributed by atoms with van der Waals surface area (Å²) in [6.45, 7) is 6.72. The molecule has 2 aromatic rings. The normalized spacial score (nSPS) is 11.2. The molecular formula is C21H28N2O4S. The number of amides is 1. The van der Waals surface area contributed by atoms with Crippen LogP contribution in [-0.4, -0.2) is 34.0 Å². The Kier molecular flexibility index (Phi) is 8.02. The number of sulfonamides is 1. The number of benzene rings is 2. The number of ether oxygens (including phenoxy) is 1. The molecule has 2 N–H and O–H groups in total. The van der Waals surface area contributed by atoms with E-state index in [4.69, 9.17) is 4.74 Å². The number of nitrogens with one attached hydrogen (secondary N) is 2. The summed E-state index contributed by atoms with van der Waals surface area (Å²) in [5, 5.41) is 2.72. The molecule has 0 spiro atoms. The minimum absolute atomic E-state index is 0.125. The fraction of sp³-hybridized carbons (Fsp3) is 0.381. The first-order valence-electron chi connectivity index (χ1n) is 9.31. The van der Waals surface area contributed by atoms with Gasteiger partial charge < -0.3 is 10.1 Å². The Bertz CT molecular complexity index is 873. The molecule has 0 aliphatic carbocycles. The van der Waals surface area contributed by atoms with E-state index in [-0.39, 0.29) is 23.9 Å². The molecule has 0 radical (unpaired) electrons. The summed E-state index contributed by atoms with van der Waals surface area (Å²) in [5.74, 6) is 0.744. The third kappa shape index (κ3) is 6.65. The Balaban J connectivity index is 1.64. The van der Waals surface area contributed by atoms with Gasteiger partial charge in [-0.25, -0.2) is 13.1 Å². The van der Waals surface area contributed by atoms with Gasteiger partial charge in [-0.3, -0.25) is 4.79 Å². The molecule has 0 saturated heterocycles. The van der Waals surface area contributed by atoms with Crippen molar-refractivity contribution < 1.29 is 17.9 Å². The van der Waals surface area contributed by atoms with E-state index in [9.17, 15) is 13.2 Å². The maximum absolute atomic E-state index is 12.1. The molecule has 0 aliphatic rings. The number of carbonyl (C=O) groups excluding carboxylic acids is 1. The molecule has 6 nitrogen and oxygen atoms in total. The van der Waals surface area contributed by atoms with Gasteiger partial charge in [-0.1, -0.05) is 35.9 Å².